The van der Waals surface area contributed by atoms with Crippen molar-refractivity contribution < 1.29 is 31.4 Å². The molecule has 0 saturated carbocycles. The Kier molecular flexibility index (Phi) is 17.6. The molecule has 0 spiro atoms. The Morgan fingerprint density at radius 3 is 1.19 bits per heavy atom. The largest absolute Gasteiger partial charge is 0.500 e. The molecule has 0 saturated heterocycles. The second-order valence-corrected chi connectivity index (χ2v) is 12.2. The molecule has 1 amide bonds. The van der Waals surface area contributed by atoms with E-state index < -0.39 is 17.6 Å². The molecular formula is C21H45NO7Si2. The first-order valence-electron chi connectivity index (χ1n) is 11.7. The van der Waals surface area contributed by atoms with Gasteiger partial charge in [-0.25, -0.2) is 0 Å². The molecule has 0 aliphatic carbocycles. The highest BCUT2D eigenvalue weighted by atomic mass is 28.4. The summed E-state index contributed by atoms with van der Waals surface area (Å²) in [4.78, 5) is 14.2. The van der Waals surface area contributed by atoms with Crippen LogP contribution in [0.3, 0.4) is 0 Å². The lowest BCUT2D eigenvalue weighted by atomic mass is 10.3. The Bertz CT molecular complexity index is 417. The molecule has 31 heavy (non-hydrogen) atoms. The molecular weight excluding hydrogens is 434 g/mol. The van der Waals surface area contributed by atoms with Crippen molar-refractivity contribution in [1.82, 2.24) is 4.90 Å². The third kappa shape index (κ3) is 11.7. The van der Waals surface area contributed by atoms with Crippen molar-refractivity contribution in [3.05, 3.63) is 12.7 Å². The SMILES string of the molecule is C=CC(=O)N(CCC[Si](OCC)(OCC)OCC)CCC[Si](OCC)(OCC)OCC. The van der Waals surface area contributed by atoms with Crippen LogP contribution in [0.25, 0.3) is 0 Å². The molecule has 10 heteroatoms. The average Bonchev–Trinajstić information content (AvgIpc) is 2.73. The number of carbonyl (C=O) groups is 1. The van der Waals surface area contributed by atoms with Crippen LogP contribution >= 0.6 is 0 Å². The highest BCUT2D eigenvalue weighted by Gasteiger charge is 2.41. The van der Waals surface area contributed by atoms with Crippen LogP contribution in [0, 0.1) is 0 Å². The van der Waals surface area contributed by atoms with E-state index in [1.807, 2.05) is 41.5 Å². The maximum Gasteiger partial charge on any atom is 0.500 e. The number of nitrogens with zero attached hydrogens (tertiary/aromatic N) is 1. The van der Waals surface area contributed by atoms with E-state index in [9.17, 15) is 4.79 Å². The van der Waals surface area contributed by atoms with Gasteiger partial charge in [-0.15, -0.1) is 0 Å². The van der Waals surface area contributed by atoms with E-state index in [0.29, 0.717) is 64.8 Å². The number of hydrogen-bond acceptors (Lipinski definition) is 7. The van der Waals surface area contributed by atoms with Crippen molar-refractivity contribution in [1.29, 1.82) is 0 Å². The molecule has 0 atom stereocenters. The second kappa shape index (κ2) is 17.9. The lowest BCUT2D eigenvalue weighted by Gasteiger charge is -2.30. The zero-order chi connectivity index (χ0) is 23.6. The van der Waals surface area contributed by atoms with Crippen LogP contribution < -0.4 is 0 Å². The van der Waals surface area contributed by atoms with Crippen LogP contribution in [-0.4, -0.2) is 81.1 Å². The highest BCUT2D eigenvalue weighted by molar-refractivity contribution is 6.61. The maximum absolute atomic E-state index is 12.4. The molecule has 0 aromatic carbocycles. The van der Waals surface area contributed by atoms with Gasteiger partial charge in [0.2, 0.25) is 5.91 Å². The van der Waals surface area contributed by atoms with E-state index in [0.717, 1.165) is 12.8 Å². The fourth-order valence-electron chi connectivity index (χ4n) is 3.44. The van der Waals surface area contributed by atoms with Crippen LogP contribution in [0.1, 0.15) is 54.4 Å². The van der Waals surface area contributed by atoms with Gasteiger partial charge in [0.05, 0.1) is 0 Å². The normalized spacial score (nSPS) is 12.2. The molecule has 0 aliphatic heterocycles. The first kappa shape index (κ1) is 30.4. The summed E-state index contributed by atoms with van der Waals surface area (Å²) in [5.41, 5.74) is 0. The Labute approximate surface area is 191 Å². The summed E-state index contributed by atoms with van der Waals surface area (Å²) in [6.45, 7) is 19.7. The summed E-state index contributed by atoms with van der Waals surface area (Å²) in [6.07, 6.45) is 2.82. The molecule has 0 aromatic heterocycles. The maximum atomic E-state index is 12.4. The van der Waals surface area contributed by atoms with Gasteiger partial charge in [0.15, 0.2) is 0 Å². The van der Waals surface area contributed by atoms with Gasteiger partial charge in [0, 0.05) is 64.8 Å². The van der Waals surface area contributed by atoms with E-state index in [1.54, 1.807) is 4.90 Å². The smallest absolute Gasteiger partial charge is 0.374 e. The van der Waals surface area contributed by atoms with Crippen LogP contribution in [0.15, 0.2) is 12.7 Å². The third-order valence-corrected chi connectivity index (χ3v) is 10.8. The molecule has 0 fully saturated rings. The summed E-state index contributed by atoms with van der Waals surface area (Å²) in [7, 11) is -5.44. The first-order valence-corrected chi connectivity index (χ1v) is 15.5. The fraction of sp³-hybridized carbons (Fsp3) is 0.857. The molecule has 0 rings (SSSR count). The molecule has 0 bridgehead atoms. The molecule has 0 N–H and O–H groups in total. The molecule has 0 unspecified atom stereocenters. The van der Waals surface area contributed by atoms with Gasteiger partial charge in [-0.2, -0.15) is 0 Å². The summed E-state index contributed by atoms with van der Waals surface area (Å²) >= 11 is 0. The van der Waals surface area contributed by atoms with Crippen molar-refractivity contribution in [3.8, 4) is 0 Å². The van der Waals surface area contributed by atoms with Crippen LogP contribution in [0.2, 0.25) is 12.1 Å². The second-order valence-electron chi connectivity index (χ2n) is 6.70. The minimum absolute atomic E-state index is 0.0898. The summed E-state index contributed by atoms with van der Waals surface area (Å²) in [5.74, 6) is -0.0898. The summed E-state index contributed by atoms with van der Waals surface area (Å²) in [5, 5.41) is 0. The van der Waals surface area contributed by atoms with Crippen LogP contribution in [-0.2, 0) is 31.4 Å². The Hall–Kier alpha value is -0.596. The van der Waals surface area contributed by atoms with Gasteiger partial charge < -0.3 is 31.5 Å². The lowest BCUT2D eigenvalue weighted by molar-refractivity contribution is -0.126. The predicted molar refractivity (Wildman–Crippen MR) is 127 cm³/mol. The minimum atomic E-state index is -2.72. The first-order chi connectivity index (χ1) is 14.9. The zero-order valence-electron chi connectivity index (χ0n) is 20.6. The van der Waals surface area contributed by atoms with Gasteiger partial charge in [0.25, 0.3) is 0 Å². The van der Waals surface area contributed by atoms with Gasteiger partial charge in [-0.05, 0) is 60.5 Å². The van der Waals surface area contributed by atoms with Gasteiger partial charge in [-0.1, -0.05) is 6.58 Å². The van der Waals surface area contributed by atoms with Crippen molar-refractivity contribution in [2.24, 2.45) is 0 Å². The fourth-order valence-corrected chi connectivity index (χ4v) is 8.62. The van der Waals surface area contributed by atoms with Gasteiger partial charge >= 0.3 is 17.6 Å². The number of carbonyl (C=O) groups excluding carboxylic acids is 1. The summed E-state index contributed by atoms with van der Waals surface area (Å²) < 4.78 is 35.5. The topological polar surface area (TPSA) is 75.7 Å². The highest BCUT2D eigenvalue weighted by Crippen LogP contribution is 2.21. The van der Waals surface area contributed by atoms with Gasteiger partial charge in [-0.3, -0.25) is 4.79 Å². The molecule has 0 heterocycles. The third-order valence-electron chi connectivity index (χ3n) is 4.49. The Balaban J connectivity index is 5.00. The van der Waals surface area contributed by atoms with Crippen LogP contribution in [0.4, 0.5) is 0 Å². The predicted octanol–water partition coefficient (Wildman–Crippen LogP) is 3.88. The zero-order valence-corrected chi connectivity index (χ0v) is 22.6. The van der Waals surface area contributed by atoms with E-state index in [-0.39, 0.29) is 5.91 Å². The molecule has 8 nitrogen and oxygen atoms in total. The standard InChI is InChI=1S/C21H45NO7Si2/c1-8-21(23)22(17-15-19-30(24-9-2,25-10-3)26-11-4)18-16-20-31(27-12-5,28-13-6)29-14-7/h8H,1,9-20H2,2-7H3. The number of amides is 1. The quantitative estimate of drug-likeness (QED) is 0.183. The van der Waals surface area contributed by atoms with E-state index in [4.69, 9.17) is 26.6 Å². The van der Waals surface area contributed by atoms with Crippen molar-refractivity contribution >= 4 is 23.5 Å². The Morgan fingerprint density at radius 1 is 0.677 bits per heavy atom. The Morgan fingerprint density at radius 2 is 0.968 bits per heavy atom. The van der Waals surface area contributed by atoms with E-state index in [2.05, 4.69) is 6.58 Å². The van der Waals surface area contributed by atoms with Crippen molar-refractivity contribution in [2.45, 2.75) is 66.5 Å². The molecule has 0 aliphatic rings. The van der Waals surface area contributed by atoms with Crippen LogP contribution in [0.5, 0.6) is 0 Å². The summed E-state index contributed by atoms with van der Waals surface area (Å²) in [6, 6.07) is 1.33. The van der Waals surface area contributed by atoms with Crippen molar-refractivity contribution in [3.63, 3.8) is 0 Å². The lowest BCUT2D eigenvalue weighted by Crippen LogP contribution is -2.47. The molecule has 184 valence electrons. The number of hydrogen-bond donors (Lipinski definition) is 0. The van der Waals surface area contributed by atoms with Gasteiger partial charge in [0.1, 0.15) is 0 Å². The molecule has 0 radical (unpaired) electrons. The number of rotatable bonds is 21. The van der Waals surface area contributed by atoms with E-state index >= 15 is 0 Å². The van der Waals surface area contributed by atoms with E-state index in [1.165, 1.54) is 6.08 Å². The average molecular weight is 480 g/mol. The van der Waals surface area contributed by atoms with Crippen molar-refractivity contribution in [2.75, 3.05) is 52.7 Å². The monoisotopic (exact) mass is 479 g/mol. The molecule has 0 aromatic rings. The minimum Gasteiger partial charge on any atom is -0.374 e.